The van der Waals surface area contributed by atoms with Crippen LogP contribution in [0.4, 0.5) is 5.69 Å². The fraction of sp³-hybridized carbons (Fsp3) is 0.240. The van der Waals surface area contributed by atoms with Gasteiger partial charge in [0.25, 0.3) is 0 Å². The van der Waals surface area contributed by atoms with Crippen molar-refractivity contribution in [2.45, 2.75) is 27.0 Å². The van der Waals surface area contributed by atoms with Crippen LogP contribution in [0.3, 0.4) is 0 Å². The summed E-state index contributed by atoms with van der Waals surface area (Å²) >= 11 is 6.49. The number of hydrogen-bond acceptors (Lipinski definition) is 5. The van der Waals surface area contributed by atoms with Crippen LogP contribution in [0.1, 0.15) is 34.0 Å². The van der Waals surface area contributed by atoms with Gasteiger partial charge in [-0.25, -0.2) is 4.79 Å². The first-order valence-electron chi connectivity index (χ1n) is 10.1. The van der Waals surface area contributed by atoms with Gasteiger partial charge in [-0.2, -0.15) is 0 Å². The van der Waals surface area contributed by atoms with E-state index in [1.807, 2.05) is 30.3 Å². The van der Waals surface area contributed by atoms with Gasteiger partial charge in [0.2, 0.25) is 0 Å². The van der Waals surface area contributed by atoms with Crippen LogP contribution in [0.5, 0.6) is 11.5 Å². The highest BCUT2D eigenvalue weighted by Gasteiger charge is 2.12. The predicted octanol–water partition coefficient (Wildman–Crippen LogP) is 6.02. The maximum atomic E-state index is 11.8. The van der Waals surface area contributed by atoms with Crippen molar-refractivity contribution in [3.8, 4) is 11.5 Å². The van der Waals surface area contributed by atoms with Gasteiger partial charge < -0.3 is 19.5 Å². The normalized spacial score (nSPS) is 10.5. The summed E-state index contributed by atoms with van der Waals surface area (Å²) in [5.41, 5.74) is 4.53. The number of esters is 1. The van der Waals surface area contributed by atoms with Crippen molar-refractivity contribution in [1.29, 1.82) is 0 Å². The minimum atomic E-state index is -0.331. The summed E-state index contributed by atoms with van der Waals surface area (Å²) in [4.78, 5) is 11.8. The van der Waals surface area contributed by atoms with Gasteiger partial charge in [0.15, 0.2) is 11.5 Å². The third kappa shape index (κ3) is 6.15. The number of carbonyl (C=O) groups is 1. The van der Waals surface area contributed by atoms with E-state index in [-0.39, 0.29) is 5.97 Å². The van der Waals surface area contributed by atoms with Crippen LogP contribution in [-0.4, -0.2) is 19.7 Å². The Bertz CT molecular complexity index is 1020. The monoisotopic (exact) mass is 439 g/mol. The maximum Gasteiger partial charge on any atom is 0.338 e. The van der Waals surface area contributed by atoms with Gasteiger partial charge >= 0.3 is 5.97 Å². The van der Waals surface area contributed by atoms with Crippen molar-refractivity contribution < 1.29 is 19.0 Å². The average molecular weight is 440 g/mol. The van der Waals surface area contributed by atoms with E-state index in [0.29, 0.717) is 41.8 Å². The molecule has 0 saturated carbocycles. The highest BCUT2D eigenvalue weighted by molar-refractivity contribution is 6.31. The smallest absolute Gasteiger partial charge is 0.338 e. The number of hydrogen-bond donors (Lipinski definition) is 1. The molecule has 0 spiro atoms. The summed E-state index contributed by atoms with van der Waals surface area (Å²) in [5, 5.41) is 3.88. The average Bonchev–Trinajstić information content (AvgIpc) is 2.78. The van der Waals surface area contributed by atoms with Crippen LogP contribution in [0.25, 0.3) is 0 Å². The van der Waals surface area contributed by atoms with E-state index < -0.39 is 0 Å². The van der Waals surface area contributed by atoms with E-state index in [1.54, 1.807) is 32.2 Å². The molecule has 0 aliphatic heterocycles. The molecule has 6 heteroatoms. The summed E-state index contributed by atoms with van der Waals surface area (Å²) in [6.45, 7) is 5.10. The molecule has 3 rings (SSSR count). The van der Waals surface area contributed by atoms with Crippen molar-refractivity contribution in [1.82, 2.24) is 0 Å². The van der Waals surface area contributed by atoms with Crippen LogP contribution >= 0.6 is 11.6 Å². The van der Waals surface area contributed by atoms with Gasteiger partial charge in [0, 0.05) is 23.3 Å². The van der Waals surface area contributed by atoms with Gasteiger partial charge in [-0.1, -0.05) is 41.4 Å². The highest BCUT2D eigenvalue weighted by Crippen LogP contribution is 2.34. The molecular formula is C25H26ClNO4. The first-order valence-corrected chi connectivity index (χ1v) is 10.4. The lowest BCUT2D eigenvalue weighted by atomic mass is 10.1. The third-order valence-electron chi connectivity index (χ3n) is 4.73. The Kier molecular flexibility index (Phi) is 7.79. The number of nitrogens with one attached hydrogen (secondary N) is 1. The number of rotatable bonds is 9. The Morgan fingerprint density at radius 3 is 2.35 bits per heavy atom. The second kappa shape index (κ2) is 10.7. The van der Waals surface area contributed by atoms with Crippen molar-refractivity contribution in [3.05, 3.63) is 87.9 Å². The number of aryl methyl sites for hydroxylation is 1. The molecule has 0 unspecified atom stereocenters. The molecule has 0 amide bonds. The number of methoxy groups -OCH3 is 1. The molecule has 31 heavy (non-hydrogen) atoms. The number of anilines is 1. The number of benzene rings is 3. The molecule has 3 aromatic carbocycles. The predicted molar refractivity (Wildman–Crippen MR) is 123 cm³/mol. The molecule has 1 N–H and O–H groups in total. The zero-order valence-electron chi connectivity index (χ0n) is 17.9. The zero-order valence-corrected chi connectivity index (χ0v) is 18.7. The van der Waals surface area contributed by atoms with Crippen molar-refractivity contribution in [3.63, 3.8) is 0 Å². The summed E-state index contributed by atoms with van der Waals surface area (Å²) < 4.78 is 16.4. The van der Waals surface area contributed by atoms with Gasteiger partial charge in [-0.3, -0.25) is 0 Å². The molecule has 0 saturated heterocycles. The van der Waals surface area contributed by atoms with E-state index in [0.717, 1.165) is 16.8 Å². The summed E-state index contributed by atoms with van der Waals surface area (Å²) in [6.07, 6.45) is 0. The fourth-order valence-corrected chi connectivity index (χ4v) is 3.19. The van der Waals surface area contributed by atoms with Gasteiger partial charge in [-0.05, 0) is 55.3 Å². The molecule has 0 heterocycles. The van der Waals surface area contributed by atoms with Gasteiger partial charge in [0.05, 0.1) is 19.3 Å². The van der Waals surface area contributed by atoms with Crippen LogP contribution in [0.15, 0.2) is 60.7 Å². The van der Waals surface area contributed by atoms with E-state index in [2.05, 4.69) is 24.4 Å². The molecular weight excluding hydrogens is 414 g/mol. The van der Waals surface area contributed by atoms with Crippen LogP contribution in [-0.2, 0) is 17.9 Å². The largest absolute Gasteiger partial charge is 0.493 e. The number of ether oxygens (including phenoxy) is 3. The van der Waals surface area contributed by atoms with Crippen molar-refractivity contribution in [2.75, 3.05) is 19.0 Å². The standard InChI is InChI=1S/C25H26ClNO4/c1-4-30-25(28)19-9-11-21(12-10-19)27-15-20-13-23(29-3)24(14-22(20)26)31-16-18-7-5-17(2)6-8-18/h5-14,27H,4,15-16H2,1-3H3. The van der Waals surface area contributed by atoms with Gasteiger partial charge in [-0.15, -0.1) is 0 Å². The molecule has 5 nitrogen and oxygen atoms in total. The Hall–Kier alpha value is -3.18. The fourth-order valence-electron chi connectivity index (χ4n) is 2.97. The molecule has 162 valence electrons. The Morgan fingerprint density at radius 2 is 1.71 bits per heavy atom. The van der Waals surface area contributed by atoms with E-state index in [4.69, 9.17) is 25.8 Å². The van der Waals surface area contributed by atoms with Crippen molar-refractivity contribution in [2.24, 2.45) is 0 Å². The lowest BCUT2D eigenvalue weighted by Crippen LogP contribution is -2.05. The summed E-state index contributed by atoms with van der Waals surface area (Å²) in [7, 11) is 1.60. The van der Waals surface area contributed by atoms with Crippen molar-refractivity contribution >= 4 is 23.3 Å². The molecule has 0 aliphatic rings. The second-order valence-corrected chi connectivity index (χ2v) is 7.43. The minimum absolute atomic E-state index is 0.331. The molecule has 0 bridgehead atoms. The quantitative estimate of drug-likeness (QED) is 0.413. The molecule has 0 atom stereocenters. The first-order chi connectivity index (χ1) is 15.0. The van der Waals surface area contributed by atoms with Gasteiger partial charge in [0.1, 0.15) is 6.61 Å². The topological polar surface area (TPSA) is 56.8 Å². The molecule has 0 fully saturated rings. The first kappa shape index (κ1) is 22.5. The lowest BCUT2D eigenvalue weighted by Gasteiger charge is -2.15. The van der Waals surface area contributed by atoms with E-state index >= 15 is 0 Å². The summed E-state index contributed by atoms with van der Waals surface area (Å²) in [6, 6.07) is 18.9. The van der Waals surface area contributed by atoms with Crippen LogP contribution in [0, 0.1) is 6.92 Å². The summed E-state index contributed by atoms with van der Waals surface area (Å²) in [5.74, 6) is 0.879. The Balaban J connectivity index is 1.65. The SMILES string of the molecule is CCOC(=O)c1ccc(NCc2cc(OC)c(OCc3ccc(C)cc3)cc2Cl)cc1. The Labute approximate surface area is 187 Å². The van der Waals surface area contributed by atoms with Crippen LogP contribution < -0.4 is 14.8 Å². The zero-order chi connectivity index (χ0) is 22.2. The second-order valence-electron chi connectivity index (χ2n) is 7.02. The molecule has 3 aromatic rings. The molecule has 0 aromatic heterocycles. The minimum Gasteiger partial charge on any atom is -0.493 e. The highest BCUT2D eigenvalue weighted by atomic mass is 35.5. The molecule has 0 radical (unpaired) electrons. The molecule has 0 aliphatic carbocycles. The number of halogens is 1. The number of carbonyl (C=O) groups excluding carboxylic acids is 1. The van der Waals surface area contributed by atoms with E-state index in [9.17, 15) is 4.79 Å². The van der Waals surface area contributed by atoms with Crippen LogP contribution in [0.2, 0.25) is 5.02 Å². The maximum absolute atomic E-state index is 11.8. The van der Waals surface area contributed by atoms with E-state index in [1.165, 1.54) is 5.56 Å². The Morgan fingerprint density at radius 1 is 1.00 bits per heavy atom. The lowest BCUT2D eigenvalue weighted by molar-refractivity contribution is 0.0526. The third-order valence-corrected chi connectivity index (χ3v) is 5.08.